The number of aliphatic hydroxyl groups excluding tert-OH is 4. The van der Waals surface area contributed by atoms with Gasteiger partial charge in [0.15, 0.2) is 17.2 Å². The monoisotopic (exact) mass is 751 g/mol. The zero-order valence-corrected chi connectivity index (χ0v) is 32.1. The van der Waals surface area contributed by atoms with Crippen molar-refractivity contribution in [3.05, 3.63) is 35.6 Å². The SMILES string of the molecule is C=C(C)[C@@H]1CC[C@H]2[C@@]34CO[C@@](O)([C@@H](O)[C@@H]3C(C)(C)C[C@]3(CCC5=C(O3)[C@]36CO[C@@](O)([C@@H](O)[C@@H]3C(C)(C)C5)[C@]35C(=O)C(=C)[C@H](CC[C@@H]63)[C@H]5O)C4=O)[C@@]2(N)[C@@H]1O. The van der Waals surface area contributed by atoms with E-state index < -0.39 is 115 Å². The number of allylic oxidation sites excluding steroid dienone is 1. The molecule has 17 atom stereocenters. The van der Waals surface area contributed by atoms with Gasteiger partial charge in [0.05, 0.1) is 36.3 Å². The highest BCUT2D eigenvalue weighted by molar-refractivity contribution is 6.05. The lowest BCUT2D eigenvalue weighted by Crippen LogP contribution is -2.92. The van der Waals surface area contributed by atoms with E-state index in [2.05, 4.69) is 27.0 Å². The van der Waals surface area contributed by atoms with Crippen molar-refractivity contribution >= 4 is 11.6 Å². The smallest absolute Gasteiger partial charge is 0.213 e. The average molecular weight is 752 g/mol. The van der Waals surface area contributed by atoms with E-state index in [0.717, 1.165) is 5.57 Å². The molecule has 0 aromatic carbocycles. The number of aliphatic hydroxyl groups is 6. The third-order valence-electron chi connectivity index (χ3n) is 18.0. The molecule has 5 heterocycles. The van der Waals surface area contributed by atoms with Gasteiger partial charge in [0.1, 0.15) is 28.9 Å². The van der Waals surface area contributed by atoms with E-state index >= 15 is 4.79 Å². The summed E-state index contributed by atoms with van der Waals surface area (Å²) in [6.07, 6.45) is -2.49. The van der Waals surface area contributed by atoms with Crippen LogP contribution in [-0.2, 0) is 23.8 Å². The van der Waals surface area contributed by atoms with E-state index in [9.17, 15) is 35.4 Å². The maximum Gasteiger partial charge on any atom is 0.213 e. The molecule has 0 unspecified atom stereocenters. The molecule has 6 bridgehead atoms. The minimum absolute atomic E-state index is 0.0731. The van der Waals surface area contributed by atoms with Crippen molar-refractivity contribution in [3.8, 4) is 0 Å². The van der Waals surface area contributed by atoms with Crippen LogP contribution in [-0.4, -0.2) is 103 Å². The Balaban J connectivity index is 1.15. The first-order valence-electron chi connectivity index (χ1n) is 20.1. The molecule has 12 rings (SSSR count). The highest BCUT2D eigenvalue weighted by Crippen LogP contribution is 2.79. The summed E-state index contributed by atoms with van der Waals surface area (Å²) in [6, 6.07) is 0. The molecule has 0 radical (unpaired) electrons. The molecule has 8 N–H and O–H groups in total. The standard InChI is InChI=1S/C42H57NO11/c1-18(2)21-8-11-24-38-17-53-42(51,40(24,43)29(21)46)31(48)26(38)35(6,7)15-36(33(38)49)13-12-20-14-34(4,5)25-30(47)41(50)39-23(37(25,16-52-41)32(20)54-36)10-9-22(28(39)45)19(3)27(39)44/h21-26,28-31,45-48,50-51H,1,3,8-17,43H2,2,4-7H3/t21-,22-,23-,24-,25+,26+,28+,29+,30-,31-,36+,37-,38-,39-,40-,41-,42-/m0/s1. The van der Waals surface area contributed by atoms with E-state index in [-0.39, 0.29) is 31.0 Å². The van der Waals surface area contributed by atoms with Crippen LogP contribution < -0.4 is 5.73 Å². The molecule has 10 fully saturated rings. The molecule has 54 heavy (non-hydrogen) atoms. The largest absolute Gasteiger partial charge is 0.483 e. The van der Waals surface area contributed by atoms with Crippen LogP contribution in [0.2, 0.25) is 0 Å². The number of rotatable bonds is 1. The first kappa shape index (κ1) is 36.3. The van der Waals surface area contributed by atoms with Crippen molar-refractivity contribution in [2.45, 2.75) is 133 Å². The van der Waals surface area contributed by atoms with Gasteiger partial charge >= 0.3 is 0 Å². The molecule has 4 saturated heterocycles. The summed E-state index contributed by atoms with van der Waals surface area (Å²) in [5.41, 5.74) is -0.149. The predicted molar refractivity (Wildman–Crippen MR) is 190 cm³/mol. The number of carbonyl (C=O) groups is 2. The Morgan fingerprint density at radius 3 is 2.11 bits per heavy atom. The minimum atomic E-state index is -2.35. The minimum Gasteiger partial charge on any atom is -0.483 e. The number of ether oxygens (including phenoxy) is 3. The number of nitrogens with two attached hydrogens (primary N) is 1. The number of ketones is 2. The summed E-state index contributed by atoms with van der Waals surface area (Å²) in [4.78, 5) is 30.5. The van der Waals surface area contributed by atoms with E-state index in [1.807, 2.05) is 13.8 Å². The molecular weight excluding hydrogens is 694 g/mol. The molecule has 0 aromatic rings. The Labute approximate surface area is 315 Å². The molecule has 5 aliphatic heterocycles. The molecule has 0 amide bonds. The third kappa shape index (κ3) is 3.33. The van der Waals surface area contributed by atoms with Crippen LogP contribution in [0.15, 0.2) is 35.6 Å². The Morgan fingerprint density at radius 1 is 0.815 bits per heavy atom. The lowest BCUT2D eigenvalue weighted by Gasteiger charge is -2.76. The van der Waals surface area contributed by atoms with Gasteiger partial charge in [0.25, 0.3) is 0 Å². The molecule has 7 aliphatic carbocycles. The van der Waals surface area contributed by atoms with Gasteiger partial charge in [-0.3, -0.25) is 9.59 Å². The topological polar surface area (TPSA) is 209 Å². The van der Waals surface area contributed by atoms with Gasteiger partial charge in [-0.2, -0.15) is 0 Å². The van der Waals surface area contributed by atoms with Gasteiger partial charge in [0, 0.05) is 29.6 Å². The molecule has 6 saturated carbocycles. The summed E-state index contributed by atoms with van der Waals surface area (Å²) in [5, 5.41) is 73.4. The molecule has 12 nitrogen and oxygen atoms in total. The van der Waals surface area contributed by atoms with Gasteiger partial charge in [-0.1, -0.05) is 46.4 Å². The molecule has 0 aromatic heterocycles. The van der Waals surface area contributed by atoms with Crippen molar-refractivity contribution in [1.82, 2.24) is 0 Å². The van der Waals surface area contributed by atoms with E-state index in [1.165, 1.54) is 0 Å². The highest BCUT2D eigenvalue weighted by atomic mass is 16.7. The van der Waals surface area contributed by atoms with Gasteiger partial charge in [-0.05, 0) is 86.2 Å². The maximum absolute atomic E-state index is 16.0. The Hall–Kier alpha value is -2.00. The second kappa shape index (κ2) is 9.99. The van der Waals surface area contributed by atoms with Crippen LogP contribution in [0.5, 0.6) is 0 Å². The summed E-state index contributed by atoms with van der Waals surface area (Å²) in [5.74, 6) is -8.83. The number of carbonyl (C=O) groups excluding carboxylic acids is 2. The van der Waals surface area contributed by atoms with Crippen molar-refractivity contribution < 1.29 is 54.4 Å². The lowest BCUT2D eigenvalue weighted by atomic mass is 9.34. The molecule has 296 valence electrons. The summed E-state index contributed by atoms with van der Waals surface area (Å²) >= 11 is 0. The second-order valence-electron chi connectivity index (χ2n) is 21.0. The van der Waals surface area contributed by atoms with Crippen LogP contribution in [0.4, 0.5) is 0 Å². The van der Waals surface area contributed by atoms with Crippen LogP contribution in [0, 0.1) is 62.6 Å². The van der Waals surface area contributed by atoms with Crippen LogP contribution in [0.3, 0.4) is 0 Å². The first-order valence-corrected chi connectivity index (χ1v) is 20.1. The van der Waals surface area contributed by atoms with Gasteiger partial charge in [0.2, 0.25) is 11.6 Å². The fraction of sp³-hybridized carbons (Fsp3) is 0.810. The summed E-state index contributed by atoms with van der Waals surface area (Å²) in [7, 11) is 0. The predicted octanol–water partition coefficient (Wildman–Crippen LogP) is 1.78. The van der Waals surface area contributed by atoms with Crippen molar-refractivity contribution in [2.75, 3.05) is 13.2 Å². The van der Waals surface area contributed by atoms with Crippen LogP contribution in [0.1, 0.15) is 86.0 Å². The van der Waals surface area contributed by atoms with Crippen LogP contribution >= 0.6 is 0 Å². The van der Waals surface area contributed by atoms with E-state index in [0.29, 0.717) is 56.3 Å². The number of Topliss-reactive ketones (excluding diaryl/α,β-unsaturated/α-hetero) is 2. The zero-order valence-electron chi connectivity index (χ0n) is 32.1. The van der Waals surface area contributed by atoms with Crippen LogP contribution in [0.25, 0.3) is 0 Å². The fourth-order valence-electron chi connectivity index (χ4n) is 16.4. The normalized spacial score (nSPS) is 58.6. The average Bonchev–Trinajstić information content (AvgIpc) is 3.18. The Morgan fingerprint density at radius 2 is 1.43 bits per heavy atom. The number of hydrogen-bond acceptors (Lipinski definition) is 12. The highest BCUT2D eigenvalue weighted by Gasteiger charge is 2.89. The second-order valence-corrected chi connectivity index (χ2v) is 21.0. The Kier molecular flexibility index (Phi) is 6.72. The summed E-state index contributed by atoms with van der Waals surface area (Å²) in [6.45, 7) is 17.7. The molecule has 4 spiro atoms. The van der Waals surface area contributed by atoms with Crippen molar-refractivity contribution in [1.29, 1.82) is 0 Å². The van der Waals surface area contributed by atoms with Gasteiger partial charge in [-0.15, -0.1) is 0 Å². The number of hydrogen-bond donors (Lipinski definition) is 7. The molecule has 12 aliphatic rings. The Bertz CT molecular complexity index is 1870. The number of fused-ring (bicyclic) bond motifs is 3. The summed E-state index contributed by atoms with van der Waals surface area (Å²) < 4.78 is 20.0. The van der Waals surface area contributed by atoms with Crippen molar-refractivity contribution in [2.24, 2.45) is 68.3 Å². The van der Waals surface area contributed by atoms with E-state index in [4.69, 9.17) is 19.9 Å². The quantitative estimate of drug-likeness (QED) is 0.151. The van der Waals surface area contributed by atoms with Gasteiger partial charge < -0.3 is 50.6 Å². The third-order valence-corrected chi connectivity index (χ3v) is 18.0. The molecule has 12 heteroatoms. The van der Waals surface area contributed by atoms with Gasteiger partial charge in [-0.25, -0.2) is 0 Å². The fourth-order valence-corrected chi connectivity index (χ4v) is 16.4. The molecular formula is C42H57NO11. The van der Waals surface area contributed by atoms with E-state index in [1.54, 1.807) is 6.92 Å². The lowest BCUT2D eigenvalue weighted by molar-refractivity contribution is -0.445. The van der Waals surface area contributed by atoms with Crippen molar-refractivity contribution in [3.63, 3.8) is 0 Å². The zero-order chi connectivity index (χ0) is 38.9. The first-order chi connectivity index (χ1) is 25.0. The maximum atomic E-state index is 16.0.